The van der Waals surface area contributed by atoms with Crippen molar-refractivity contribution in [1.82, 2.24) is 4.31 Å². The molecular weight excluding hydrogens is 401 g/mol. The van der Waals surface area contributed by atoms with Crippen LogP contribution in [0.2, 0.25) is 0 Å². The summed E-state index contributed by atoms with van der Waals surface area (Å²) in [5.74, 6) is -1.68. The zero-order valence-electron chi connectivity index (χ0n) is 16.6. The maximum atomic E-state index is 14.9. The second kappa shape index (κ2) is 8.81. The molecule has 160 valence electrons. The van der Waals surface area contributed by atoms with E-state index < -0.39 is 34.0 Å². The van der Waals surface area contributed by atoms with Gasteiger partial charge in [0, 0.05) is 13.0 Å². The van der Waals surface area contributed by atoms with Gasteiger partial charge in [0.2, 0.25) is 10.0 Å². The standard InChI is InChI=1S/C20H26FNO6S/c1-4-6-14-11-15(12-27-14)28-19-17(9-8-13(2)18(19)21)29(24,25)22-10-5-7-16(22)20(23)26-3/h4,8-9,14-16H,1,5-7,10-12H2,2-3H3/t14-,15+,16-/m0/s1. The number of hydrogen-bond acceptors (Lipinski definition) is 6. The van der Waals surface area contributed by atoms with Gasteiger partial charge < -0.3 is 14.2 Å². The van der Waals surface area contributed by atoms with Crippen molar-refractivity contribution in [3.05, 3.63) is 36.2 Å². The van der Waals surface area contributed by atoms with Crippen LogP contribution in [0.4, 0.5) is 4.39 Å². The van der Waals surface area contributed by atoms with E-state index in [1.54, 1.807) is 6.08 Å². The van der Waals surface area contributed by atoms with Crippen molar-refractivity contribution in [3.8, 4) is 5.75 Å². The SMILES string of the molecule is C=CC[C@H]1C[C@@H](Oc2c(S(=O)(=O)N3CCC[C@H]3C(=O)OC)ccc(C)c2F)CO1. The van der Waals surface area contributed by atoms with E-state index in [0.717, 1.165) is 4.31 Å². The van der Waals surface area contributed by atoms with Crippen molar-refractivity contribution in [2.75, 3.05) is 20.3 Å². The van der Waals surface area contributed by atoms with Crippen molar-refractivity contribution in [2.24, 2.45) is 0 Å². The Morgan fingerprint density at radius 1 is 1.45 bits per heavy atom. The molecule has 2 fully saturated rings. The number of rotatable bonds is 7. The summed E-state index contributed by atoms with van der Waals surface area (Å²) >= 11 is 0. The zero-order chi connectivity index (χ0) is 21.2. The number of sulfonamides is 1. The summed E-state index contributed by atoms with van der Waals surface area (Å²) in [7, 11) is -2.95. The highest BCUT2D eigenvalue weighted by molar-refractivity contribution is 7.89. The molecule has 0 radical (unpaired) electrons. The van der Waals surface area contributed by atoms with Gasteiger partial charge in [-0.25, -0.2) is 12.8 Å². The lowest BCUT2D eigenvalue weighted by Gasteiger charge is -2.24. The fourth-order valence-corrected chi connectivity index (χ4v) is 5.51. The van der Waals surface area contributed by atoms with Gasteiger partial charge in [0.25, 0.3) is 0 Å². The first-order chi connectivity index (χ1) is 13.8. The summed E-state index contributed by atoms with van der Waals surface area (Å²) in [4.78, 5) is 11.7. The van der Waals surface area contributed by atoms with Gasteiger partial charge in [-0.2, -0.15) is 4.31 Å². The van der Waals surface area contributed by atoms with Crippen molar-refractivity contribution in [2.45, 2.75) is 55.8 Å². The molecule has 0 saturated carbocycles. The molecular formula is C20H26FNO6S. The Kier molecular flexibility index (Phi) is 6.60. The Hall–Kier alpha value is -1.97. The summed E-state index contributed by atoms with van der Waals surface area (Å²) in [5.41, 5.74) is 0.270. The normalized spacial score (nSPS) is 25.1. The smallest absolute Gasteiger partial charge is 0.324 e. The van der Waals surface area contributed by atoms with Crippen LogP contribution in [-0.4, -0.2) is 57.2 Å². The highest BCUT2D eigenvalue weighted by Gasteiger charge is 2.42. The summed E-state index contributed by atoms with van der Waals surface area (Å²) < 4.78 is 58.8. The van der Waals surface area contributed by atoms with E-state index in [1.807, 2.05) is 0 Å². The van der Waals surface area contributed by atoms with E-state index in [2.05, 4.69) is 6.58 Å². The molecule has 7 nitrogen and oxygen atoms in total. The predicted molar refractivity (Wildman–Crippen MR) is 104 cm³/mol. The fourth-order valence-electron chi connectivity index (χ4n) is 3.75. The first-order valence-corrected chi connectivity index (χ1v) is 11.0. The Labute approximate surface area is 170 Å². The molecule has 3 atom stereocenters. The molecule has 2 aliphatic heterocycles. The summed E-state index contributed by atoms with van der Waals surface area (Å²) in [6, 6.07) is 1.80. The van der Waals surface area contributed by atoms with Crippen molar-refractivity contribution in [3.63, 3.8) is 0 Å². The lowest BCUT2D eigenvalue weighted by Crippen LogP contribution is -2.41. The lowest BCUT2D eigenvalue weighted by atomic mass is 10.1. The third-order valence-electron chi connectivity index (χ3n) is 5.28. The summed E-state index contributed by atoms with van der Waals surface area (Å²) in [6.07, 6.45) is 3.19. The van der Waals surface area contributed by atoms with Crippen LogP contribution in [0.25, 0.3) is 0 Å². The molecule has 0 bridgehead atoms. The van der Waals surface area contributed by atoms with Crippen LogP contribution in [0.5, 0.6) is 5.75 Å². The minimum absolute atomic E-state index is 0.0901. The minimum Gasteiger partial charge on any atom is -0.483 e. The Morgan fingerprint density at radius 2 is 2.21 bits per heavy atom. The van der Waals surface area contributed by atoms with E-state index in [0.29, 0.717) is 25.7 Å². The fraction of sp³-hybridized carbons (Fsp3) is 0.550. The second-order valence-corrected chi connectivity index (χ2v) is 9.13. The quantitative estimate of drug-likeness (QED) is 0.491. The maximum absolute atomic E-state index is 14.9. The number of esters is 1. The number of methoxy groups -OCH3 is 1. The number of aryl methyl sites for hydroxylation is 1. The van der Waals surface area contributed by atoms with Gasteiger partial charge in [-0.1, -0.05) is 12.1 Å². The average Bonchev–Trinajstić information content (AvgIpc) is 3.35. The summed E-state index contributed by atoms with van der Waals surface area (Å²) in [6.45, 7) is 5.61. The second-order valence-electron chi connectivity index (χ2n) is 7.28. The van der Waals surface area contributed by atoms with Crippen LogP contribution in [-0.2, 0) is 24.3 Å². The van der Waals surface area contributed by atoms with Gasteiger partial charge in [-0.15, -0.1) is 6.58 Å². The van der Waals surface area contributed by atoms with Gasteiger partial charge in [0.15, 0.2) is 11.6 Å². The zero-order valence-corrected chi connectivity index (χ0v) is 17.4. The molecule has 0 aromatic heterocycles. The van der Waals surface area contributed by atoms with Crippen LogP contribution in [0.15, 0.2) is 29.7 Å². The molecule has 0 spiro atoms. The number of halogens is 1. The molecule has 1 aromatic rings. The summed E-state index contributed by atoms with van der Waals surface area (Å²) in [5, 5.41) is 0. The van der Waals surface area contributed by atoms with Gasteiger partial charge in [-0.3, -0.25) is 4.79 Å². The average molecular weight is 427 g/mol. The minimum atomic E-state index is -4.17. The van der Waals surface area contributed by atoms with Crippen LogP contribution in [0, 0.1) is 12.7 Å². The number of nitrogens with zero attached hydrogens (tertiary/aromatic N) is 1. The molecule has 2 aliphatic rings. The molecule has 3 rings (SSSR count). The van der Waals surface area contributed by atoms with Crippen molar-refractivity contribution in [1.29, 1.82) is 0 Å². The highest BCUT2D eigenvalue weighted by Crippen LogP contribution is 2.36. The third-order valence-corrected chi connectivity index (χ3v) is 7.21. The number of hydrogen-bond donors (Lipinski definition) is 0. The Balaban J connectivity index is 1.94. The van der Waals surface area contributed by atoms with Crippen LogP contribution >= 0.6 is 0 Å². The monoisotopic (exact) mass is 427 g/mol. The van der Waals surface area contributed by atoms with E-state index in [1.165, 1.54) is 26.2 Å². The molecule has 0 amide bonds. The molecule has 2 heterocycles. The molecule has 29 heavy (non-hydrogen) atoms. The van der Waals surface area contributed by atoms with E-state index >= 15 is 0 Å². The number of ether oxygens (including phenoxy) is 3. The molecule has 2 saturated heterocycles. The van der Waals surface area contributed by atoms with Gasteiger partial charge >= 0.3 is 5.97 Å². The topological polar surface area (TPSA) is 82.1 Å². The van der Waals surface area contributed by atoms with Gasteiger partial charge in [0.1, 0.15) is 17.0 Å². The Bertz CT molecular complexity index is 887. The van der Waals surface area contributed by atoms with E-state index in [4.69, 9.17) is 14.2 Å². The van der Waals surface area contributed by atoms with Gasteiger partial charge in [0.05, 0.1) is 19.8 Å². The molecule has 1 aromatic carbocycles. The van der Waals surface area contributed by atoms with E-state index in [-0.39, 0.29) is 35.5 Å². The predicted octanol–water partition coefficient (Wildman–Crippen LogP) is 2.57. The first-order valence-electron chi connectivity index (χ1n) is 9.57. The number of carbonyl (C=O) groups excluding carboxylic acids is 1. The number of benzene rings is 1. The largest absolute Gasteiger partial charge is 0.483 e. The van der Waals surface area contributed by atoms with Crippen LogP contribution in [0.3, 0.4) is 0 Å². The maximum Gasteiger partial charge on any atom is 0.324 e. The third kappa shape index (κ3) is 4.31. The van der Waals surface area contributed by atoms with E-state index in [9.17, 15) is 17.6 Å². The molecule has 0 N–H and O–H groups in total. The molecule has 0 unspecified atom stereocenters. The van der Waals surface area contributed by atoms with Crippen molar-refractivity contribution >= 4 is 16.0 Å². The highest BCUT2D eigenvalue weighted by atomic mass is 32.2. The van der Waals surface area contributed by atoms with Crippen molar-refractivity contribution < 1.29 is 31.8 Å². The number of carbonyl (C=O) groups is 1. The first kappa shape index (κ1) is 21.7. The lowest BCUT2D eigenvalue weighted by molar-refractivity contribution is -0.144. The molecule has 9 heteroatoms. The van der Waals surface area contributed by atoms with Crippen LogP contribution < -0.4 is 4.74 Å². The van der Waals surface area contributed by atoms with Gasteiger partial charge in [-0.05, 0) is 37.8 Å². The Morgan fingerprint density at radius 3 is 2.90 bits per heavy atom. The van der Waals surface area contributed by atoms with Crippen LogP contribution in [0.1, 0.15) is 31.2 Å². The molecule has 0 aliphatic carbocycles.